The van der Waals surface area contributed by atoms with Crippen molar-refractivity contribution in [2.75, 3.05) is 60.3 Å². The summed E-state index contributed by atoms with van der Waals surface area (Å²) in [5, 5.41) is 3.05. The summed E-state index contributed by atoms with van der Waals surface area (Å²) in [6.45, 7) is 9.87. The summed E-state index contributed by atoms with van der Waals surface area (Å²) < 4.78 is 27.7. The second-order valence-electron chi connectivity index (χ2n) is 8.10. The lowest BCUT2D eigenvalue weighted by atomic mass is 10.0. The van der Waals surface area contributed by atoms with Gasteiger partial charge in [-0.25, -0.2) is 0 Å². The number of nitrogens with one attached hydrogen (secondary N) is 1. The molecule has 0 aliphatic carbocycles. The van der Waals surface area contributed by atoms with Gasteiger partial charge in [0.15, 0.2) is 23.0 Å². The van der Waals surface area contributed by atoms with Crippen molar-refractivity contribution in [3.05, 3.63) is 66.3 Å². The lowest BCUT2D eigenvalue weighted by Gasteiger charge is -2.35. The van der Waals surface area contributed by atoms with Gasteiger partial charge in [-0.05, 0) is 48.4 Å². The Morgan fingerprint density at radius 2 is 1.75 bits per heavy atom. The third kappa shape index (κ3) is 7.50. The van der Waals surface area contributed by atoms with Crippen LogP contribution in [0.2, 0.25) is 0 Å². The Morgan fingerprint density at radius 1 is 1.06 bits per heavy atom. The summed E-state index contributed by atoms with van der Waals surface area (Å²) >= 11 is 0. The maximum atomic E-state index is 12.7. The first kappa shape index (κ1) is 27.1. The average molecular weight is 497 g/mol. The quantitative estimate of drug-likeness (QED) is 0.333. The first-order valence-corrected chi connectivity index (χ1v) is 12.1. The highest BCUT2D eigenvalue weighted by molar-refractivity contribution is 5.91. The standard InChI is InChI=1S/C28H36N2O6/c1-5-15-36-25-10-7-21(18-26(25)32-3)8-12-28(31)29-20-23(30-13-16-34-17-14-30)22-9-11-24(35-6-2)27(19-22)33-4/h5,7-12,18-19,23H,1,6,13-17,20H2,2-4H3,(H,29,31)/b12-8+. The molecule has 1 amide bonds. The number of nitrogens with zero attached hydrogens (tertiary/aromatic N) is 1. The van der Waals surface area contributed by atoms with Crippen molar-refractivity contribution < 1.29 is 28.5 Å². The van der Waals surface area contributed by atoms with Crippen molar-refractivity contribution in [1.29, 1.82) is 0 Å². The summed E-state index contributed by atoms with van der Waals surface area (Å²) in [6.07, 6.45) is 4.94. The first-order valence-electron chi connectivity index (χ1n) is 12.1. The second kappa shape index (κ2) is 14.2. The Kier molecular flexibility index (Phi) is 10.7. The van der Waals surface area contributed by atoms with Crippen LogP contribution in [0.25, 0.3) is 6.08 Å². The van der Waals surface area contributed by atoms with E-state index in [-0.39, 0.29) is 11.9 Å². The minimum absolute atomic E-state index is 0.0304. The number of carbonyl (C=O) groups is 1. The molecule has 0 saturated carbocycles. The summed E-state index contributed by atoms with van der Waals surface area (Å²) in [7, 11) is 3.21. The van der Waals surface area contributed by atoms with E-state index in [1.165, 1.54) is 6.08 Å². The number of carbonyl (C=O) groups excluding carboxylic acids is 1. The highest BCUT2D eigenvalue weighted by Crippen LogP contribution is 2.32. The normalized spacial score (nSPS) is 14.8. The van der Waals surface area contributed by atoms with Crippen LogP contribution in [0, 0.1) is 0 Å². The van der Waals surface area contributed by atoms with Gasteiger partial charge in [0.1, 0.15) is 6.61 Å². The number of hydrogen-bond acceptors (Lipinski definition) is 7. The molecule has 3 rings (SSSR count). The fourth-order valence-corrected chi connectivity index (χ4v) is 4.00. The maximum Gasteiger partial charge on any atom is 0.244 e. The zero-order chi connectivity index (χ0) is 25.8. The van der Waals surface area contributed by atoms with Crippen LogP contribution in [0.3, 0.4) is 0 Å². The number of rotatable bonds is 13. The molecule has 0 spiro atoms. The lowest BCUT2D eigenvalue weighted by Crippen LogP contribution is -2.43. The molecule has 8 nitrogen and oxygen atoms in total. The Hall–Kier alpha value is -3.49. The van der Waals surface area contributed by atoms with E-state index in [0.29, 0.717) is 56.0 Å². The van der Waals surface area contributed by atoms with Gasteiger partial charge >= 0.3 is 0 Å². The van der Waals surface area contributed by atoms with Gasteiger partial charge in [0.05, 0.1) is 40.1 Å². The highest BCUT2D eigenvalue weighted by Gasteiger charge is 2.24. The zero-order valence-corrected chi connectivity index (χ0v) is 21.3. The van der Waals surface area contributed by atoms with Gasteiger partial charge in [-0.3, -0.25) is 9.69 Å². The van der Waals surface area contributed by atoms with Crippen LogP contribution < -0.4 is 24.3 Å². The van der Waals surface area contributed by atoms with E-state index in [4.69, 9.17) is 23.7 Å². The van der Waals surface area contributed by atoms with E-state index in [1.54, 1.807) is 26.4 Å². The predicted molar refractivity (Wildman–Crippen MR) is 140 cm³/mol. The van der Waals surface area contributed by atoms with Crippen LogP contribution in [-0.4, -0.2) is 71.1 Å². The van der Waals surface area contributed by atoms with Gasteiger partial charge in [-0.2, -0.15) is 0 Å². The fraction of sp³-hybridized carbons (Fsp3) is 0.393. The smallest absolute Gasteiger partial charge is 0.244 e. The zero-order valence-electron chi connectivity index (χ0n) is 21.3. The largest absolute Gasteiger partial charge is 0.493 e. The topological polar surface area (TPSA) is 78.5 Å². The van der Waals surface area contributed by atoms with Gasteiger partial charge in [0.25, 0.3) is 0 Å². The van der Waals surface area contributed by atoms with Crippen molar-refractivity contribution in [2.24, 2.45) is 0 Å². The average Bonchev–Trinajstić information content (AvgIpc) is 2.92. The molecule has 2 aromatic carbocycles. The Balaban J connectivity index is 1.70. The Bertz CT molecular complexity index is 1030. The van der Waals surface area contributed by atoms with Gasteiger partial charge in [-0.15, -0.1) is 0 Å². The predicted octanol–water partition coefficient (Wildman–Crippen LogP) is 3.87. The van der Waals surface area contributed by atoms with E-state index in [9.17, 15) is 4.79 Å². The maximum absolute atomic E-state index is 12.7. The monoisotopic (exact) mass is 496 g/mol. The molecule has 0 bridgehead atoms. The van der Waals surface area contributed by atoms with Crippen molar-refractivity contribution in [2.45, 2.75) is 13.0 Å². The molecule has 1 fully saturated rings. The van der Waals surface area contributed by atoms with Crippen molar-refractivity contribution in [1.82, 2.24) is 10.2 Å². The van der Waals surface area contributed by atoms with Gasteiger partial charge in [-0.1, -0.05) is 24.8 Å². The highest BCUT2D eigenvalue weighted by atomic mass is 16.5. The van der Waals surface area contributed by atoms with Crippen LogP contribution >= 0.6 is 0 Å². The molecule has 8 heteroatoms. The van der Waals surface area contributed by atoms with Crippen LogP contribution in [0.5, 0.6) is 23.0 Å². The molecule has 1 aliphatic rings. The third-order valence-corrected chi connectivity index (χ3v) is 5.80. The molecule has 1 aliphatic heterocycles. The lowest BCUT2D eigenvalue weighted by molar-refractivity contribution is -0.116. The molecule has 1 atom stereocenters. The minimum atomic E-state index is -0.183. The Morgan fingerprint density at radius 3 is 2.44 bits per heavy atom. The number of amides is 1. The van der Waals surface area contributed by atoms with Gasteiger partial charge in [0.2, 0.25) is 5.91 Å². The molecule has 36 heavy (non-hydrogen) atoms. The van der Waals surface area contributed by atoms with Crippen molar-refractivity contribution in [3.63, 3.8) is 0 Å². The molecule has 0 radical (unpaired) electrons. The SMILES string of the molecule is C=CCOc1ccc(/C=C/C(=O)NCC(c2ccc(OCC)c(OC)c2)N2CCOCC2)cc1OC. The molecule has 1 unspecified atom stereocenters. The summed E-state index contributed by atoms with van der Waals surface area (Å²) in [5.74, 6) is 2.41. The molecule has 1 saturated heterocycles. The second-order valence-corrected chi connectivity index (χ2v) is 8.10. The van der Waals surface area contributed by atoms with Crippen LogP contribution in [-0.2, 0) is 9.53 Å². The van der Waals surface area contributed by atoms with Gasteiger partial charge in [0, 0.05) is 25.7 Å². The van der Waals surface area contributed by atoms with E-state index < -0.39 is 0 Å². The number of hydrogen-bond donors (Lipinski definition) is 1. The number of morpholine rings is 1. The minimum Gasteiger partial charge on any atom is -0.493 e. The van der Waals surface area contributed by atoms with Crippen LogP contribution in [0.4, 0.5) is 0 Å². The number of benzene rings is 2. The molecule has 1 N–H and O–H groups in total. The van der Waals surface area contributed by atoms with E-state index in [0.717, 1.165) is 24.2 Å². The van der Waals surface area contributed by atoms with E-state index >= 15 is 0 Å². The number of methoxy groups -OCH3 is 2. The number of ether oxygens (including phenoxy) is 5. The summed E-state index contributed by atoms with van der Waals surface area (Å²) in [5.41, 5.74) is 1.87. The van der Waals surface area contributed by atoms with Crippen LogP contribution in [0.1, 0.15) is 24.1 Å². The third-order valence-electron chi connectivity index (χ3n) is 5.80. The first-order chi connectivity index (χ1) is 17.6. The molecule has 2 aromatic rings. The fourth-order valence-electron chi connectivity index (χ4n) is 4.00. The molecule has 1 heterocycles. The molecule has 194 valence electrons. The van der Waals surface area contributed by atoms with Crippen LogP contribution in [0.15, 0.2) is 55.1 Å². The van der Waals surface area contributed by atoms with Crippen molar-refractivity contribution >= 4 is 12.0 Å². The van der Waals surface area contributed by atoms with Crippen molar-refractivity contribution in [3.8, 4) is 23.0 Å². The summed E-state index contributed by atoms with van der Waals surface area (Å²) in [6, 6.07) is 11.4. The molecular weight excluding hydrogens is 460 g/mol. The van der Waals surface area contributed by atoms with E-state index in [2.05, 4.69) is 16.8 Å². The van der Waals surface area contributed by atoms with Gasteiger partial charge < -0.3 is 29.0 Å². The van der Waals surface area contributed by atoms with E-state index in [1.807, 2.05) is 43.3 Å². The Labute approximate surface area is 213 Å². The molecular formula is C28H36N2O6. The summed E-state index contributed by atoms with van der Waals surface area (Å²) in [4.78, 5) is 15.0. The molecule has 0 aromatic heterocycles.